The van der Waals surface area contributed by atoms with Crippen LogP contribution in [0.1, 0.15) is 33.3 Å². The number of hydrogen-bond acceptors (Lipinski definition) is 3. The summed E-state index contributed by atoms with van der Waals surface area (Å²) < 4.78 is 14.2. The van der Waals surface area contributed by atoms with Gasteiger partial charge in [-0.2, -0.15) is 0 Å². The minimum absolute atomic E-state index is 0.0231. The van der Waals surface area contributed by atoms with E-state index >= 15 is 0 Å². The summed E-state index contributed by atoms with van der Waals surface area (Å²) in [6, 6.07) is 5.48. The lowest BCUT2D eigenvalue weighted by molar-refractivity contribution is 0.298. The van der Waals surface area contributed by atoms with Gasteiger partial charge in [0.2, 0.25) is 0 Å². The Balaban J connectivity index is 2.76. The Kier molecular flexibility index (Phi) is 6.96. The normalized spacial score (nSPS) is 11.4. The molecule has 0 saturated heterocycles. The van der Waals surface area contributed by atoms with E-state index in [1.807, 2.05) is 24.8 Å². The highest BCUT2D eigenvalue weighted by Crippen LogP contribution is 2.22. The molecule has 0 spiro atoms. The van der Waals surface area contributed by atoms with Gasteiger partial charge in [-0.25, -0.2) is 4.39 Å². The van der Waals surface area contributed by atoms with Gasteiger partial charge < -0.3 is 15.3 Å². The van der Waals surface area contributed by atoms with E-state index in [0.717, 1.165) is 12.1 Å². The first kappa shape index (κ1) is 16.9. The van der Waals surface area contributed by atoms with E-state index in [4.69, 9.17) is 5.11 Å². The Hall–Kier alpha value is -1.13. The summed E-state index contributed by atoms with van der Waals surface area (Å²) in [6.07, 6.45) is 0. The van der Waals surface area contributed by atoms with Crippen molar-refractivity contribution >= 4 is 5.69 Å². The molecule has 0 aliphatic heterocycles. The standard InChI is InChI=1S/C16H27FN2O/c1-12(2)10-18-11-14-5-6-16(15(17)9-14)19(7-8-20)13(3)4/h5-6,9,12-13,18,20H,7-8,10-11H2,1-4H3. The molecule has 114 valence electrons. The zero-order valence-corrected chi connectivity index (χ0v) is 13.0. The number of nitrogens with zero attached hydrogens (tertiary/aromatic N) is 1. The van der Waals surface area contributed by atoms with Crippen LogP contribution >= 0.6 is 0 Å². The summed E-state index contributed by atoms with van der Waals surface area (Å²) in [6.45, 7) is 10.3. The lowest BCUT2D eigenvalue weighted by Gasteiger charge is -2.28. The molecule has 20 heavy (non-hydrogen) atoms. The molecule has 0 amide bonds. The molecule has 0 atom stereocenters. The number of benzene rings is 1. The van der Waals surface area contributed by atoms with Crippen LogP contribution in [0.5, 0.6) is 0 Å². The van der Waals surface area contributed by atoms with Crippen LogP contribution in [0, 0.1) is 11.7 Å². The quantitative estimate of drug-likeness (QED) is 0.769. The van der Waals surface area contributed by atoms with Crippen LogP contribution < -0.4 is 10.2 Å². The molecule has 1 rings (SSSR count). The van der Waals surface area contributed by atoms with Crippen molar-refractivity contribution in [3.63, 3.8) is 0 Å². The molecule has 2 N–H and O–H groups in total. The van der Waals surface area contributed by atoms with Gasteiger partial charge in [0.25, 0.3) is 0 Å². The molecule has 0 heterocycles. The van der Waals surface area contributed by atoms with E-state index in [1.54, 1.807) is 12.1 Å². The summed E-state index contributed by atoms with van der Waals surface area (Å²) in [5, 5.41) is 12.4. The largest absolute Gasteiger partial charge is 0.395 e. The Morgan fingerprint density at radius 1 is 1.25 bits per heavy atom. The Morgan fingerprint density at radius 3 is 2.45 bits per heavy atom. The van der Waals surface area contributed by atoms with Gasteiger partial charge in [-0.05, 0) is 44.0 Å². The van der Waals surface area contributed by atoms with Gasteiger partial charge in [-0.3, -0.25) is 0 Å². The van der Waals surface area contributed by atoms with Gasteiger partial charge in [-0.15, -0.1) is 0 Å². The van der Waals surface area contributed by atoms with E-state index in [-0.39, 0.29) is 18.5 Å². The average Bonchev–Trinajstić information content (AvgIpc) is 2.36. The van der Waals surface area contributed by atoms with Crippen molar-refractivity contribution in [1.29, 1.82) is 0 Å². The molecule has 0 bridgehead atoms. The second-order valence-corrected chi connectivity index (χ2v) is 5.82. The number of nitrogens with one attached hydrogen (secondary N) is 1. The summed E-state index contributed by atoms with van der Waals surface area (Å²) >= 11 is 0. The zero-order chi connectivity index (χ0) is 15.1. The molecule has 0 unspecified atom stereocenters. The SMILES string of the molecule is CC(C)CNCc1ccc(N(CCO)C(C)C)c(F)c1. The number of rotatable bonds is 8. The van der Waals surface area contributed by atoms with E-state index in [9.17, 15) is 4.39 Å². The topological polar surface area (TPSA) is 35.5 Å². The summed E-state index contributed by atoms with van der Waals surface area (Å²) in [5.74, 6) is 0.358. The van der Waals surface area contributed by atoms with Crippen LogP contribution in [0.25, 0.3) is 0 Å². The predicted octanol–water partition coefficient (Wildman–Crippen LogP) is 2.78. The summed E-state index contributed by atoms with van der Waals surface area (Å²) in [5.41, 5.74) is 1.50. The maximum absolute atomic E-state index is 14.2. The van der Waals surface area contributed by atoms with Crippen molar-refractivity contribution in [3.05, 3.63) is 29.6 Å². The molecule has 0 saturated carbocycles. The third kappa shape index (κ3) is 5.10. The smallest absolute Gasteiger partial charge is 0.146 e. The fourth-order valence-corrected chi connectivity index (χ4v) is 2.16. The minimum Gasteiger partial charge on any atom is -0.395 e. The fraction of sp³-hybridized carbons (Fsp3) is 0.625. The van der Waals surface area contributed by atoms with E-state index in [0.29, 0.717) is 24.7 Å². The first-order valence-electron chi connectivity index (χ1n) is 7.32. The van der Waals surface area contributed by atoms with Crippen LogP contribution in [0.4, 0.5) is 10.1 Å². The maximum Gasteiger partial charge on any atom is 0.146 e. The van der Waals surface area contributed by atoms with Gasteiger partial charge in [0, 0.05) is 19.1 Å². The van der Waals surface area contributed by atoms with Crippen molar-refractivity contribution in [2.24, 2.45) is 5.92 Å². The van der Waals surface area contributed by atoms with Crippen LogP contribution in [-0.4, -0.2) is 30.8 Å². The molecule has 4 heteroatoms. The van der Waals surface area contributed by atoms with Crippen LogP contribution in [-0.2, 0) is 6.54 Å². The lowest BCUT2D eigenvalue weighted by Crippen LogP contribution is -2.34. The maximum atomic E-state index is 14.2. The van der Waals surface area contributed by atoms with Gasteiger partial charge in [0.1, 0.15) is 5.82 Å². The first-order chi connectivity index (χ1) is 9.45. The Labute approximate surface area is 121 Å². The van der Waals surface area contributed by atoms with Crippen LogP contribution in [0.2, 0.25) is 0 Å². The summed E-state index contributed by atoms with van der Waals surface area (Å²) in [4.78, 5) is 1.88. The van der Waals surface area contributed by atoms with Crippen molar-refractivity contribution < 1.29 is 9.50 Å². The van der Waals surface area contributed by atoms with Crippen molar-refractivity contribution in [2.75, 3.05) is 24.6 Å². The first-order valence-corrected chi connectivity index (χ1v) is 7.32. The average molecular weight is 282 g/mol. The monoisotopic (exact) mass is 282 g/mol. The van der Waals surface area contributed by atoms with E-state index in [1.165, 1.54) is 0 Å². The van der Waals surface area contributed by atoms with Gasteiger partial charge >= 0.3 is 0 Å². The van der Waals surface area contributed by atoms with Gasteiger partial charge in [0.05, 0.1) is 12.3 Å². The third-order valence-electron chi connectivity index (χ3n) is 3.17. The predicted molar refractivity (Wildman–Crippen MR) is 82.5 cm³/mol. The lowest BCUT2D eigenvalue weighted by atomic mass is 10.1. The van der Waals surface area contributed by atoms with Gasteiger partial charge in [-0.1, -0.05) is 19.9 Å². The van der Waals surface area contributed by atoms with Crippen molar-refractivity contribution in [1.82, 2.24) is 5.32 Å². The highest BCUT2D eigenvalue weighted by atomic mass is 19.1. The molecule has 0 aliphatic carbocycles. The number of halogens is 1. The molecule has 1 aromatic carbocycles. The molecule has 0 aliphatic rings. The van der Waals surface area contributed by atoms with E-state index < -0.39 is 0 Å². The molecule has 0 fully saturated rings. The Morgan fingerprint density at radius 2 is 1.95 bits per heavy atom. The molecular weight excluding hydrogens is 255 g/mol. The molecular formula is C16H27FN2O. The number of anilines is 1. The van der Waals surface area contributed by atoms with E-state index in [2.05, 4.69) is 19.2 Å². The van der Waals surface area contributed by atoms with Crippen molar-refractivity contribution in [3.8, 4) is 0 Å². The molecule has 1 aromatic rings. The Bertz CT molecular complexity index is 407. The van der Waals surface area contributed by atoms with Crippen LogP contribution in [0.3, 0.4) is 0 Å². The van der Waals surface area contributed by atoms with Crippen LogP contribution in [0.15, 0.2) is 18.2 Å². The van der Waals surface area contributed by atoms with Crippen molar-refractivity contribution in [2.45, 2.75) is 40.3 Å². The highest BCUT2D eigenvalue weighted by Gasteiger charge is 2.14. The minimum atomic E-state index is -0.226. The second-order valence-electron chi connectivity index (χ2n) is 5.82. The second kappa shape index (κ2) is 8.22. The molecule has 3 nitrogen and oxygen atoms in total. The summed E-state index contributed by atoms with van der Waals surface area (Å²) in [7, 11) is 0. The fourth-order valence-electron chi connectivity index (χ4n) is 2.16. The molecule has 0 aromatic heterocycles. The number of aliphatic hydroxyl groups is 1. The van der Waals surface area contributed by atoms with Gasteiger partial charge in [0.15, 0.2) is 0 Å². The third-order valence-corrected chi connectivity index (χ3v) is 3.17. The molecule has 0 radical (unpaired) electrons. The highest BCUT2D eigenvalue weighted by molar-refractivity contribution is 5.50. The zero-order valence-electron chi connectivity index (χ0n) is 13.0. The number of aliphatic hydroxyl groups excluding tert-OH is 1. The number of hydrogen-bond donors (Lipinski definition) is 2.